The Bertz CT molecular complexity index is 934. The standard InChI is InChI=1S/C23H25N3O2S/c1-3-28-22-12-5-4-9-19(22)17-26(16-18-8-7-13-24-15-18)23(29)25-20-10-6-11-21(14-20)27-2/h4-15H,3,16-17H2,1-2H3,(H,25,29). The Kier molecular flexibility index (Phi) is 7.41. The summed E-state index contributed by atoms with van der Waals surface area (Å²) in [5.41, 5.74) is 3.04. The summed E-state index contributed by atoms with van der Waals surface area (Å²) in [7, 11) is 1.65. The molecule has 0 fully saturated rings. The SMILES string of the molecule is CCOc1ccccc1CN(Cc1cccnc1)C(=S)Nc1cccc(OC)c1. The molecule has 29 heavy (non-hydrogen) atoms. The molecule has 0 aliphatic carbocycles. The number of hydrogen-bond acceptors (Lipinski definition) is 4. The lowest BCUT2D eigenvalue weighted by atomic mass is 10.1. The molecule has 5 nitrogen and oxygen atoms in total. The second-order valence-corrected chi connectivity index (χ2v) is 6.81. The Hall–Kier alpha value is -3.12. The Labute approximate surface area is 177 Å². The van der Waals surface area contributed by atoms with E-state index in [1.165, 1.54) is 0 Å². The Morgan fingerprint density at radius 2 is 1.93 bits per heavy atom. The highest BCUT2D eigenvalue weighted by atomic mass is 32.1. The molecule has 1 N–H and O–H groups in total. The van der Waals surface area contributed by atoms with Crippen LogP contribution in [0.3, 0.4) is 0 Å². The number of aromatic nitrogens is 1. The fourth-order valence-electron chi connectivity index (χ4n) is 2.95. The number of methoxy groups -OCH3 is 1. The van der Waals surface area contributed by atoms with E-state index in [1.807, 2.05) is 67.7 Å². The first-order valence-corrected chi connectivity index (χ1v) is 9.90. The molecule has 0 unspecified atom stereocenters. The molecule has 1 heterocycles. The average molecular weight is 408 g/mol. The fourth-order valence-corrected chi connectivity index (χ4v) is 3.20. The van der Waals surface area contributed by atoms with Crippen molar-refractivity contribution in [3.05, 3.63) is 84.2 Å². The number of hydrogen-bond donors (Lipinski definition) is 1. The molecule has 0 aliphatic rings. The van der Waals surface area contributed by atoms with Crippen molar-refractivity contribution in [1.29, 1.82) is 0 Å². The first-order valence-electron chi connectivity index (χ1n) is 9.49. The van der Waals surface area contributed by atoms with Crippen LogP contribution in [0, 0.1) is 0 Å². The van der Waals surface area contributed by atoms with Gasteiger partial charge in [0.1, 0.15) is 11.5 Å². The first-order chi connectivity index (χ1) is 14.2. The molecule has 0 saturated heterocycles. The number of rotatable bonds is 8. The highest BCUT2D eigenvalue weighted by Crippen LogP contribution is 2.22. The summed E-state index contributed by atoms with van der Waals surface area (Å²) in [5, 5.41) is 3.94. The van der Waals surface area contributed by atoms with E-state index in [1.54, 1.807) is 13.3 Å². The van der Waals surface area contributed by atoms with Gasteiger partial charge in [-0.05, 0) is 49.0 Å². The Morgan fingerprint density at radius 1 is 1.07 bits per heavy atom. The largest absolute Gasteiger partial charge is 0.497 e. The van der Waals surface area contributed by atoms with Gasteiger partial charge in [-0.25, -0.2) is 0 Å². The van der Waals surface area contributed by atoms with Gasteiger partial charge in [0, 0.05) is 42.8 Å². The van der Waals surface area contributed by atoms with Crippen molar-refractivity contribution in [3.63, 3.8) is 0 Å². The quantitative estimate of drug-likeness (QED) is 0.537. The van der Waals surface area contributed by atoms with E-state index in [2.05, 4.69) is 21.3 Å². The van der Waals surface area contributed by atoms with Gasteiger partial charge >= 0.3 is 0 Å². The zero-order valence-corrected chi connectivity index (χ0v) is 17.5. The van der Waals surface area contributed by atoms with Crippen LogP contribution < -0.4 is 14.8 Å². The molecule has 0 atom stereocenters. The van der Waals surface area contributed by atoms with E-state index in [0.29, 0.717) is 24.8 Å². The highest BCUT2D eigenvalue weighted by molar-refractivity contribution is 7.80. The van der Waals surface area contributed by atoms with Gasteiger partial charge in [-0.3, -0.25) is 4.98 Å². The van der Waals surface area contributed by atoms with Gasteiger partial charge in [0.05, 0.1) is 13.7 Å². The number of benzene rings is 2. The van der Waals surface area contributed by atoms with Crippen molar-refractivity contribution in [2.75, 3.05) is 19.0 Å². The predicted octanol–water partition coefficient (Wildman–Crippen LogP) is 4.89. The van der Waals surface area contributed by atoms with Gasteiger partial charge in [-0.2, -0.15) is 0 Å². The van der Waals surface area contributed by atoms with Crippen LogP contribution in [0.1, 0.15) is 18.1 Å². The van der Waals surface area contributed by atoms with E-state index in [4.69, 9.17) is 21.7 Å². The molecule has 0 spiro atoms. The van der Waals surface area contributed by atoms with Crippen molar-refractivity contribution in [1.82, 2.24) is 9.88 Å². The predicted molar refractivity (Wildman–Crippen MR) is 120 cm³/mol. The van der Waals surface area contributed by atoms with Crippen molar-refractivity contribution in [2.24, 2.45) is 0 Å². The van der Waals surface area contributed by atoms with E-state index < -0.39 is 0 Å². The van der Waals surface area contributed by atoms with Crippen LogP contribution in [-0.4, -0.2) is 28.7 Å². The molecule has 0 radical (unpaired) electrons. The van der Waals surface area contributed by atoms with Crippen LogP contribution in [0.2, 0.25) is 0 Å². The van der Waals surface area contributed by atoms with Crippen molar-refractivity contribution < 1.29 is 9.47 Å². The number of nitrogens with one attached hydrogen (secondary N) is 1. The number of anilines is 1. The second kappa shape index (κ2) is 10.4. The lowest BCUT2D eigenvalue weighted by Gasteiger charge is -2.27. The summed E-state index contributed by atoms with van der Waals surface area (Å²) >= 11 is 5.76. The van der Waals surface area contributed by atoms with Gasteiger partial charge in [0.25, 0.3) is 0 Å². The van der Waals surface area contributed by atoms with Crippen molar-refractivity contribution >= 4 is 23.0 Å². The lowest BCUT2D eigenvalue weighted by molar-refractivity contribution is 0.327. The third kappa shape index (κ3) is 5.93. The first kappa shape index (κ1) is 20.6. The molecule has 150 valence electrons. The van der Waals surface area contributed by atoms with E-state index >= 15 is 0 Å². The minimum Gasteiger partial charge on any atom is -0.497 e. The third-order valence-electron chi connectivity index (χ3n) is 4.34. The summed E-state index contributed by atoms with van der Waals surface area (Å²) in [6.07, 6.45) is 3.63. The normalized spacial score (nSPS) is 10.3. The maximum atomic E-state index is 5.80. The summed E-state index contributed by atoms with van der Waals surface area (Å²) in [4.78, 5) is 6.33. The molecule has 1 aromatic heterocycles. The second-order valence-electron chi connectivity index (χ2n) is 6.42. The van der Waals surface area contributed by atoms with Gasteiger partial charge in [-0.1, -0.05) is 30.3 Å². The number of nitrogens with zero attached hydrogens (tertiary/aromatic N) is 2. The smallest absolute Gasteiger partial charge is 0.174 e. The topological polar surface area (TPSA) is 46.6 Å². The number of pyridine rings is 1. The highest BCUT2D eigenvalue weighted by Gasteiger charge is 2.15. The number of ether oxygens (including phenoxy) is 2. The van der Waals surface area contributed by atoms with E-state index in [0.717, 1.165) is 28.3 Å². The molecule has 0 bridgehead atoms. The molecular weight excluding hydrogens is 382 g/mol. The van der Waals surface area contributed by atoms with Crippen LogP contribution in [0.4, 0.5) is 5.69 Å². The van der Waals surface area contributed by atoms with Crippen LogP contribution in [-0.2, 0) is 13.1 Å². The van der Waals surface area contributed by atoms with E-state index in [-0.39, 0.29) is 0 Å². The molecule has 0 aliphatic heterocycles. The van der Waals surface area contributed by atoms with Crippen LogP contribution in [0.5, 0.6) is 11.5 Å². The minimum atomic E-state index is 0.612. The monoisotopic (exact) mass is 407 g/mol. The number of thiocarbonyl (C=S) groups is 1. The van der Waals surface area contributed by atoms with Crippen molar-refractivity contribution in [2.45, 2.75) is 20.0 Å². The average Bonchev–Trinajstić information content (AvgIpc) is 2.75. The summed E-state index contributed by atoms with van der Waals surface area (Å²) < 4.78 is 11.1. The Balaban J connectivity index is 1.83. The zero-order valence-electron chi connectivity index (χ0n) is 16.7. The third-order valence-corrected chi connectivity index (χ3v) is 4.70. The van der Waals surface area contributed by atoms with Gasteiger partial charge < -0.3 is 19.7 Å². The summed E-state index contributed by atoms with van der Waals surface area (Å²) in [6, 6.07) is 19.7. The maximum absolute atomic E-state index is 5.80. The van der Waals surface area contributed by atoms with E-state index in [9.17, 15) is 0 Å². The zero-order chi connectivity index (χ0) is 20.5. The molecule has 2 aromatic carbocycles. The van der Waals surface area contributed by atoms with Crippen molar-refractivity contribution in [3.8, 4) is 11.5 Å². The molecule has 3 aromatic rings. The molecule has 0 saturated carbocycles. The summed E-state index contributed by atoms with van der Waals surface area (Å²) in [5.74, 6) is 1.65. The van der Waals surface area contributed by atoms with Crippen LogP contribution in [0.15, 0.2) is 73.1 Å². The molecular formula is C23H25N3O2S. The number of para-hydroxylation sites is 1. The van der Waals surface area contributed by atoms with Gasteiger partial charge in [-0.15, -0.1) is 0 Å². The fraction of sp³-hybridized carbons (Fsp3) is 0.217. The van der Waals surface area contributed by atoms with Gasteiger partial charge in [0.2, 0.25) is 0 Å². The summed E-state index contributed by atoms with van der Waals surface area (Å²) in [6.45, 7) is 3.84. The lowest BCUT2D eigenvalue weighted by Crippen LogP contribution is -2.34. The van der Waals surface area contributed by atoms with Crippen LogP contribution >= 0.6 is 12.2 Å². The van der Waals surface area contributed by atoms with Gasteiger partial charge in [0.15, 0.2) is 5.11 Å². The molecule has 6 heteroatoms. The molecule has 0 amide bonds. The minimum absolute atomic E-state index is 0.612. The molecule has 3 rings (SSSR count). The van der Waals surface area contributed by atoms with Crippen LogP contribution in [0.25, 0.3) is 0 Å². The maximum Gasteiger partial charge on any atom is 0.174 e. The Morgan fingerprint density at radius 3 is 2.69 bits per heavy atom.